The first kappa shape index (κ1) is 14.5. The number of ether oxygens (including phenoxy) is 1. The van der Waals surface area contributed by atoms with Gasteiger partial charge in [0.15, 0.2) is 6.23 Å². The Morgan fingerprint density at radius 3 is 2.56 bits per heavy atom. The standard InChI is InChI=1S/C9H15N3O6/c1-4(14)12-9(17)11-3-10-8-7(16)6(15)5(2-13)18-8/h3,5-8,13,15-16H,2H2,1H3,(H2,10,11,12,14,17)/t5-,6?,7+,8-/m1/s1. The van der Waals surface area contributed by atoms with E-state index in [4.69, 9.17) is 9.84 Å². The third-order valence-corrected chi connectivity index (χ3v) is 2.22. The Kier molecular flexibility index (Phi) is 5.16. The Bertz CT molecular complexity index is 347. The summed E-state index contributed by atoms with van der Waals surface area (Å²) in [6, 6.07) is -0.780. The van der Waals surface area contributed by atoms with Gasteiger partial charge in [-0.05, 0) is 0 Å². The van der Waals surface area contributed by atoms with Crippen molar-refractivity contribution < 1.29 is 29.6 Å². The van der Waals surface area contributed by atoms with Crippen molar-refractivity contribution in [2.45, 2.75) is 31.5 Å². The maximum atomic E-state index is 11.0. The van der Waals surface area contributed by atoms with E-state index >= 15 is 0 Å². The second-order valence-electron chi connectivity index (χ2n) is 3.66. The van der Waals surface area contributed by atoms with Crippen LogP contribution in [0.4, 0.5) is 4.79 Å². The molecule has 1 aliphatic heterocycles. The van der Waals surface area contributed by atoms with Crippen LogP contribution in [-0.2, 0) is 9.53 Å². The predicted octanol–water partition coefficient (Wildman–Crippen LogP) is -2.70. The molecule has 0 aromatic carbocycles. The topological polar surface area (TPSA) is 140 Å². The zero-order valence-corrected chi connectivity index (χ0v) is 9.61. The molecule has 0 spiro atoms. The molecular formula is C9H15N3O6. The Morgan fingerprint density at radius 1 is 1.39 bits per heavy atom. The van der Waals surface area contributed by atoms with Gasteiger partial charge in [-0.1, -0.05) is 0 Å². The maximum Gasteiger partial charge on any atom is 0.326 e. The van der Waals surface area contributed by atoms with Gasteiger partial charge in [0.25, 0.3) is 0 Å². The fourth-order valence-electron chi connectivity index (χ4n) is 1.37. The first-order valence-corrected chi connectivity index (χ1v) is 5.18. The van der Waals surface area contributed by atoms with Crippen molar-refractivity contribution in [2.24, 2.45) is 4.99 Å². The number of amides is 3. The van der Waals surface area contributed by atoms with Gasteiger partial charge >= 0.3 is 6.03 Å². The molecule has 0 aromatic rings. The molecule has 1 aliphatic rings. The largest absolute Gasteiger partial charge is 0.394 e. The van der Waals surface area contributed by atoms with Crippen molar-refractivity contribution in [3.05, 3.63) is 0 Å². The quantitative estimate of drug-likeness (QED) is 0.276. The normalized spacial score (nSPS) is 31.6. The molecule has 0 bridgehead atoms. The number of carbonyl (C=O) groups is 2. The highest BCUT2D eigenvalue weighted by molar-refractivity contribution is 5.97. The Labute approximate surface area is 102 Å². The van der Waals surface area contributed by atoms with Crippen LogP contribution < -0.4 is 10.6 Å². The average Bonchev–Trinajstić information content (AvgIpc) is 2.56. The number of nitrogens with one attached hydrogen (secondary N) is 2. The monoisotopic (exact) mass is 261 g/mol. The number of imide groups is 1. The molecule has 9 heteroatoms. The van der Waals surface area contributed by atoms with Crippen molar-refractivity contribution >= 4 is 18.3 Å². The summed E-state index contributed by atoms with van der Waals surface area (Å²) in [5.41, 5.74) is 0. The lowest BCUT2D eigenvalue weighted by Crippen LogP contribution is -2.38. The Hall–Kier alpha value is -1.55. The first-order valence-electron chi connectivity index (χ1n) is 5.18. The fourth-order valence-corrected chi connectivity index (χ4v) is 1.37. The number of urea groups is 1. The van der Waals surface area contributed by atoms with Gasteiger partial charge in [0.1, 0.15) is 18.3 Å². The van der Waals surface area contributed by atoms with Gasteiger partial charge in [0.05, 0.1) is 12.9 Å². The molecule has 1 fully saturated rings. The van der Waals surface area contributed by atoms with E-state index in [0.29, 0.717) is 0 Å². The lowest BCUT2D eigenvalue weighted by atomic mass is 10.1. The summed E-state index contributed by atoms with van der Waals surface area (Å²) in [6.45, 7) is 0.714. The van der Waals surface area contributed by atoms with Gasteiger partial charge in [-0.3, -0.25) is 15.4 Å². The van der Waals surface area contributed by atoms with Gasteiger partial charge in [-0.15, -0.1) is 0 Å². The van der Waals surface area contributed by atoms with Crippen LogP contribution in [0.15, 0.2) is 4.99 Å². The van der Waals surface area contributed by atoms with Crippen LogP contribution in [0.3, 0.4) is 0 Å². The summed E-state index contributed by atoms with van der Waals surface area (Å²) in [6.07, 6.45) is -3.62. The first-order chi connectivity index (χ1) is 8.45. The molecule has 1 unspecified atom stereocenters. The number of hydrogen-bond acceptors (Lipinski definition) is 7. The highest BCUT2D eigenvalue weighted by atomic mass is 16.6. The molecule has 102 valence electrons. The molecule has 5 N–H and O–H groups in total. The van der Waals surface area contributed by atoms with Crippen molar-refractivity contribution in [3.8, 4) is 0 Å². The Balaban J connectivity index is 2.43. The number of nitrogens with zero attached hydrogens (tertiary/aromatic N) is 1. The Morgan fingerprint density at radius 2 is 2.06 bits per heavy atom. The zero-order chi connectivity index (χ0) is 13.7. The van der Waals surface area contributed by atoms with E-state index < -0.39 is 43.1 Å². The zero-order valence-electron chi connectivity index (χ0n) is 9.61. The molecule has 1 heterocycles. The SMILES string of the molecule is CC(=O)NC(=O)N/C=N/[C@@H]1O[C@H](CO)C(O)[C@@H]1O. The van der Waals surface area contributed by atoms with E-state index in [1.807, 2.05) is 5.32 Å². The van der Waals surface area contributed by atoms with Gasteiger partial charge in [0, 0.05) is 6.92 Å². The van der Waals surface area contributed by atoms with Crippen LogP contribution in [0.2, 0.25) is 0 Å². The van der Waals surface area contributed by atoms with E-state index in [0.717, 1.165) is 6.34 Å². The lowest BCUT2D eigenvalue weighted by molar-refractivity contribution is -0.117. The van der Waals surface area contributed by atoms with E-state index in [2.05, 4.69) is 10.3 Å². The highest BCUT2D eigenvalue weighted by Gasteiger charge is 2.41. The van der Waals surface area contributed by atoms with Crippen molar-refractivity contribution in [3.63, 3.8) is 0 Å². The minimum Gasteiger partial charge on any atom is -0.394 e. The summed E-state index contributed by atoms with van der Waals surface area (Å²) in [4.78, 5) is 25.1. The number of aliphatic hydroxyl groups is 3. The summed E-state index contributed by atoms with van der Waals surface area (Å²) in [5.74, 6) is -0.534. The van der Waals surface area contributed by atoms with Crippen LogP contribution in [0, 0.1) is 0 Å². The van der Waals surface area contributed by atoms with Gasteiger partial charge in [-0.2, -0.15) is 0 Å². The summed E-state index contributed by atoms with van der Waals surface area (Å²) in [7, 11) is 0. The molecule has 0 aromatic heterocycles. The van der Waals surface area contributed by atoms with Crippen LogP contribution in [0.1, 0.15) is 6.92 Å². The van der Waals surface area contributed by atoms with Crippen molar-refractivity contribution in [1.82, 2.24) is 10.6 Å². The second kappa shape index (κ2) is 6.40. The third kappa shape index (κ3) is 3.74. The molecule has 0 radical (unpaired) electrons. The van der Waals surface area contributed by atoms with Crippen molar-refractivity contribution in [1.29, 1.82) is 0 Å². The van der Waals surface area contributed by atoms with E-state index in [1.165, 1.54) is 6.92 Å². The average molecular weight is 261 g/mol. The lowest BCUT2D eigenvalue weighted by Gasteiger charge is -2.10. The highest BCUT2D eigenvalue weighted by Crippen LogP contribution is 2.21. The molecule has 1 saturated heterocycles. The molecule has 18 heavy (non-hydrogen) atoms. The van der Waals surface area contributed by atoms with Crippen molar-refractivity contribution in [2.75, 3.05) is 6.61 Å². The predicted molar refractivity (Wildman–Crippen MR) is 58.6 cm³/mol. The number of hydrogen-bond donors (Lipinski definition) is 5. The van der Waals surface area contributed by atoms with E-state index in [-0.39, 0.29) is 0 Å². The molecule has 9 nitrogen and oxygen atoms in total. The third-order valence-electron chi connectivity index (χ3n) is 2.22. The molecule has 1 rings (SSSR count). The minimum atomic E-state index is -1.30. The molecule has 3 amide bonds. The molecule has 0 aliphatic carbocycles. The second-order valence-corrected chi connectivity index (χ2v) is 3.66. The number of carbonyl (C=O) groups excluding carboxylic acids is 2. The molecular weight excluding hydrogens is 246 g/mol. The summed E-state index contributed by atoms with van der Waals surface area (Å²) in [5, 5.41) is 31.8. The summed E-state index contributed by atoms with van der Waals surface area (Å²) < 4.78 is 5.01. The maximum absolute atomic E-state index is 11.0. The van der Waals surface area contributed by atoms with Crippen LogP contribution >= 0.6 is 0 Å². The molecule has 4 atom stereocenters. The van der Waals surface area contributed by atoms with Crippen LogP contribution in [0.5, 0.6) is 0 Å². The van der Waals surface area contributed by atoms with Crippen LogP contribution in [0.25, 0.3) is 0 Å². The van der Waals surface area contributed by atoms with E-state index in [9.17, 15) is 19.8 Å². The van der Waals surface area contributed by atoms with E-state index in [1.54, 1.807) is 0 Å². The van der Waals surface area contributed by atoms with Gasteiger partial charge < -0.3 is 20.1 Å². The number of aliphatic imine (C=N–C) groups is 1. The van der Waals surface area contributed by atoms with Crippen LogP contribution in [-0.4, -0.2) is 64.7 Å². The van der Waals surface area contributed by atoms with Gasteiger partial charge in [0.2, 0.25) is 5.91 Å². The smallest absolute Gasteiger partial charge is 0.326 e. The minimum absolute atomic E-state index is 0.456. The summed E-state index contributed by atoms with van der Waals surface area (Å²) >= 11 is 0. The molecule has 0 saturated carbocycles. The number of rotatable bonds is 3. The number of aliphatic hydroxyl groups excluding tert-OH is 3. The fraction of sp³-hybridized carbons (Fsp3) is 0.667. The van der Waals surface area contributed by atoms with Gasteiger partial charge in [-0.25, -0.2) is 9.79 Å².